The molecule has 1 saturated heterocycles. The highest BCUT2D eigenvalue weighted by Gasteiger charge is 2.22. The van der Waals surface area contributed by atoms with Gasteiger partial charge in [0.2, 0.25) is 0 Å². The number of aromatic nitrogens is 3. The second-order valence-corrected chi connectivity index (χ2v) is 9.73. The number of benzene rings is 3. The fraction of sp³-hybridized carbons (Fsp3) is 0.185. The summed E-state index contributed by atoms with van der Waals surface area (Å²) in [6, 6.07) is 21.4. The molecule has 1 aliphatic heterocycles. The first-order chi connectivity index (χ1) is 17.2. The normalized spacial score (nSPS) is 14.6. The lowest BCUT2D eigenvalue weighted by Gasteiger charge is -2.28. The quantitative estimate of drug-likeness (QED) is 0.224. The van der Waals surface area contributed by atoms with E-state index in [0.29, 0.717) is 11.5 Å². The van der Waals surface area contributed by atoms with Crippen molar-refractivity contribution in [2.24, 2.45) is 0 Å². The lowest BCUT2D eigenvalue weighted by molar-refractivity contribution is -0.384. The van der Waals surface area contributed by atoms with Crippen LogP contribution in [0.1, 0.15) is 35.7 Å². The van der Waals surface area contributed by atoms with Crippen molar-refractivity contribution in [3.63, 3.8) is 0 Å². The molecule has 0 aliphatic carbocycles. The molecule has 1 aliphatic rings. The molecule has 35 heavy (non-hydrogen) atoms. The van der Waals surface area contributed by atoms with Gasteiger partial charge in [0, 0.05) is 19.2 Å². The predicted molar refractivity (Wildman–Crippen MR) is 142 cm³/mol. The van der Waals surface area contributed by atoms with Crippen molar-refractivity contribution in [1.82, 2.24) is 15.0 Å². The Bertz CT molecular complexity index is 1440. The number of piperidine rings is 1. The number of rotatable bonds is 5. The molecule has 3 heterocycles. The zero-order chi connectivity index (χ0) is 23.8. The summed E-state index contributed by atoms with van der Waals surface area (Å²) in [6.45, 7) is 1.71. The molecule has 2 aromatic heterocycles. The van der Waals surface area contributed by atoms with Crippen molar-refractivity contribution >= 4 is 55.6 Å². The second kappa shape index (κ2) is 8.96. The first kappa shape index (κ1) is 21.5. The maximum atomic E-state index is 12.0. The summed E-state index contributed by atoms with van der Waals surface area (Å²) in [6.07, 6.45) is 5.25. The Kier molecular flexibility index (Phi) is 5.50. The van der Waals surface area contributed by atoms with Gasteiger partial charge in [0.15, 0.2) is 0 Å². The van der Waals surface area contributed by atoms with Crippen LogP contribution >= 0.6 is 11.3 Å². The van der Waals surface area contributed by atoms with E-state index in [1.54, 1.807) is 17.4 Å². The van der Waals surface area contributed by atoms with Gasteiger partial charge >= 0.3 is 0 Å². The highest BCUT2D eigenvalue weighted by atomic mass is 32.1. The van der Waals surface area contributed by atoms with Crippen LogP contribution in [0.2, 0.25) is 0 Å². The van der Waals surface area contributed by atoms with E-state index >= 15 is 0 Å². The van der Waals surface area contributed by atoms with Crippen LogP contribution in [0.5, 0.6) is 0 Å². The minimum Gasteiger partial charge on any atom is -0.366 e. The Morgan fingerprint density at radius 3 is 2.51 bits per heavy atom. The van der Waals surface area contributed by atoms with E-state index in [4.69, 9.17) is 9.97 Å². The van der Waals surface area contributed by atoms with Crippen LogP contribution in [0.25, 0.3) is 32.9 Å². The van der Waals surface area contributed by atoms with Crippen LogP contribution in [0.3, 0.4) is 0 Å². The second-order valence-electron chi connectivity index (χ2n) is 8.70. The summed E-state index contributed by atoms with van der Waals surface area (Å²) in [4.78, 5) is 26.9. The van der Waals surface area contributed by atoms with E-state index in [-0.39, 0.29) is 10.6 Å². The minimum atomic E-state index is -0.278. The van der Waals surface area contributed by atoms with Crippen LogP contribution in [0.15, 0.2) is 66.7 Å². The van der Waals surface area contributed by atoms with E-state index < -0.39 is 0 Å². The molecule has 0 spiro atoms. The molecule has 8 heteroatoms. The van der Waals surface area contributed by atoms with Crippen molar-refractivity contribution in [1.29, 1.82) is 0 Å². The van der Waals surface area contributed by atoms with E-state index in [1.165, 1.54) is 6.42 Å². The first-order valence-corrected chi connectivity index (χ1v) is 12.5. The summed E-state index contributed by atoms with van der Waals surface area (Å²) < 4.78 is 1.08. The van der Waals surface area contributed by atoms with E-state index in [0.717, 1.165) is 63.3 Å². The van der Waals surface area contributed by atoms with E-state index in [1.807, 2.05) is 66.7 Å². The number of nitro benzene ring substituents is 1. The smallest absolute Gasteiger partial charge is 0.293 e. The van der Waals surface area contributed by atoms with Gasteiger partial charge in [0.25, 0.3) is 5.69 Å². The number of aromatic amines is 1. The third kappa shape index (κ3) is 4.17. The molecule has 174 valence electrons. The Balaban J connectivity index is 1.49. The molecule has 0 amide bonds. The zero-order valence-electron chi connectivity index (χ0n) is 19.0. The lowest BCUT2D eigenvalue weighted by Crippen LogP contribution is -2.29. The van der Waals surface area contributed by atoms with Gasteiger partial charge < -0.3 is 9.88 Å². The molecule has 1 fully saturated rings. The first-order valence-electron chi connectivity index (χ1n) is 11.7. The molecule has 6 rings (SSSR count). The molecule has 3 aromatic carbocycles. The number of nitrogens with one attached hydrogen (secondary N) is 1. The molecule has 0 unspecified atom stereocenters. The van der Waals surface area contributed by atoms with Crippen molar-refractivity contribution in [2.75, 3.05) is 18.0 Å². The SMILES string of the molecule is O=[N+]([O-])c1cc(/C=C(/c2nc3ccccc3[nH]2)c2nc3ccccc3s2)ccc1N1CCCCC1. The molecule has 0 radical (unpaired) electrons. The number of hydrogen-bond acceptors (Lipinski definition) is 6. The summed E-state index contributed by atoms with van der Waals surface area (Å²) in [5.74, 6) is 0.688. The number of H-pyrrole nitrogens is 1. The van der Waals surface area contributed by atoms with Gasteiger partial charge in [0.05, 0.1) is 31.7 Å². The monoisotopic (exact) mass is 481 g/mol. The fourth-order valence-corrected chi connectivity index (χ4v) is 5.63. The number of nitrogens with zero attached hydrogens (tertiary/aromatic N) is 4. The van der Waals surface area contributed by atoms with Crippen LogP contribution in [-0.4, -0.2) is 33.0 Å². The average Bonchev–Trinajstić information content (AvgIpc) is 3.52. The molecule has 0 bridgehead atoms. The Hall–Kier alpha value is -4.04. The number of thiazole rings is 1. The van der Waals surface area contributed by atoms with Crippen LogP contribution < -0.4 is 4.90 Å². The Morgan fingerprint density at radius 2 is 1.74 bits per heavy atom. The van der Waals surface area contributed by atoms with Gasteiger partial charge in [-0.05, 0) is 61.2 Å². The molecule has 0 saturated carbocycles. The van der Waals surface area contributed by atoms with Gasteiger partial charge in [-0.15, -0.1) is 11.3 Å². The lowest BCUT2D eigenvalue weighted by atomic mass is 10.1. The fourth-order valence-electron chi connectivity index (χ4n) is 4.64. The van der Waals surface area contributed by atoms with Crippen LogP contribution in [0.4, 0.5) is 11.4 Å². The average molecular weight is 482 g/mol. The highest BCUT2D eigenvalue weighted by Crippen LogP contribution is 2.35. The van der Waals surface area contributed by atoms with Crippen LogP contribution in [0, 0.1) is 10.1 Å². The molecular formula is C27H23N5O2S. The number of hydrogen-bond donors (Lipinski definition) is 1. The third-order valence-electron chi connectivity index (χ3n) is 6.37. The number of nitro groups is 1. The van der Waals surface area contributed by atoms with Gasteiger partial charge in [-0.25, -0.2) is 9.97 Å². The van der Waals surface area contributed by atoms with Gasteiger partial charge in [-0.3, -0.25) is 10.1 Å². The summed E-state index contributed by atoms with van der Waals surface area (Å²) in [5, 5.41) is 12.8. The van der Waals surface area contributed by atoms with Crippen molar-refractivity contribution < 1.29 is 4.92 Å². The molecule has 0 atom stereocenters. The molecule has 1 N–H and O–H groups in total. The minimum absolute atomic E-state index is 0.133. The third-order valence-corrected chi connectivity index (χ3v) is 7.44. The summed E-state index contributed by atoms with van der Waals surface area (Å²) in [5.41, 5.74) is 5.09. The van der Waals surface area contributed by atoms with E-state index in [9.17, 15) is 10.1 Å². The number of imidazole rings is 1. The number of anilines is 1. The topological polar surface area (TPSA) is 87.9 Å². The van der Waals surface area contributed by atoms with Gasteiger partial charge in [-0.2, -0.15) is 0 Å². The number of fused-ring (bicyclic) bond motifs is 2. The van der Waals surface area contributed by atoms with Gasteiger partial charge in [0.1, 0.15) is 16.5 Å². The van der Waals surface area contributed by atoms with Crippen molar-refractivity contribution in [3.8, 4) is 0 Å². The largest absolute Gasteiger partial charge is 0.366 e. The summed E-state index contributed by atoms with van der Waals surface area (Å²) >= 11 is 1.58. The van der Waals surface area contributed by atoms with Crippen molar-refractivity contribution in [2.45, 2.75) is 19.3 Å². The number of para-hydroxylation sites is 3. The standard InChI is InChI=1S/C27H23N5O2S/c33-32(34)24-17-18(12-13-23(24)31-14-6-1-7-15-31)16-19(26-28-20-8-2-3-9-21(20)29-26)27-30-22-10-4-5-11-25(22)35-27/h2-5,8-13,16-17H,1,6-7,14-15H2,(H,28,29)/b19-16-. The maximum absolute atomic E-state index is 12.0. The van der Waals surface area contributed by atoms with Crippen molar-refractivity contribution in [3.05, 3.63) is 93.2 Å². The predicted octanol–water partition coefficient (Wildman–Crippen LogP) is 6.66. The maximum Gasteiger partial charge on any atom is 0.293 e. The molecule has 5 aromatic rings. The highest BCUT2D eigenvalue weighted by molar-refractivity contribution is 7.19. The Morgan fingerprint density at radius 1 is 0.971 bits per heavy atom. The molecule has 7 nitrogen and oxygen atoms in total. The molecular weight excluding hydrogens is 458 g/mol. The van der Waals surface area contributed by atoms with E-state index in [2.05, 4.69) is 9.88 Å². The van der Waals surface area contributed by atoms with Gasteiger partial charge in [-0.1, -0.05) is 30.3 Å². The van der Waals surface area contributed by atoms with Crippen LogP contribution in [-0.2, 0) is 0 Å². The Labute approximate surface area is 205 Å². The zero-order valence-corrected chi connectivity index (χ0v) is 19.8. The summed E-state index contributed by atoms with van der Waals surface area (Å²) in [7, 11) is 0.